The van der Waals surface area contributed by atoms with E-state index >= 15 is 0 Å². The number of hydrogen-bond acceptors (Lipinski definition) is 2. The fourth-order valence-electron chi connectivity index (χ4n) is 2.03. The minimum absolute atomic E-state index is 0. The molecule has 2 nitrogen and oxygen atoms in total. The molecule has 4 heteroatoms. The van der Waals surface area contributed by atoms with Crippen molar-refractivity contribution in [1.29, 1.82) is 0 Å². The van der Waals surface area contributed by atoms with Gasteiger partial charge in [0.05, 0.1) is 0 Å². The van der Waals surface area contributed by atoms with Gasteiger partial charge < -0.3 is 10.1 Å². The van der Waals surface area contributed by atoms with Crippen molar-refractivity contribution in [1.82, 2.24) is 5.32 Å². The summed E-state index contributed by atoms with van der Waals surface area (Å²) < 4.78 is 7.20. The van der Waals surface area contributed by atoms with Crippen LogP contribution in [0.1, 0.15) is 25.3 Å². The molecule has 1 aliphatic rings. The first-order valence-corrected chi connectivity index (χ1v) is 6.74. The Kier molecular flexibility index (Phi) is 6.31. The van der Waals surface area contributed by atoms with Crippen LogP contribution in [0.5, 0.6) is 5.75 Å². The van der Waals surface area contributed by atoms with E-state index in [1.54, 1.807) is 0 Å². The van der Waals surface area contributed by atoms with Crippen molar-refractivity contribution in [3.8, 4) is 5.75 Å². The van der Waals surface area contributed by atoms with Crippen molar-refractivity contribution < 1.29 is 4.74 Å². The molecule has 2 rings (SSSR count). The van der Waals surface area contributed by atoms with Crippen molar-refractivity contribution >= 4 is 28.3 Å². The van der Waals surface area contributed by atoms with Crippen molar-refractivity contribution in [3.05, 3.63) is 28.2 Å². The quantitative estimate of drug-likeness (QED) is 0.919. The molecule has 0 atom stereocenters. The molecule has 0 saturated carbocycles. The van der Waals surface area contributed by atoms with E-state index in [0.717, 1.165) is 42.6 Å². The molecule has 1 N–H and O–H groups in total. The fourth-order valence-corrected chi connectivity index (χ4v) is 2.44. The van der Waals surface area contributed by atoms with Gasteiger partial charge in [-0.3, -0.25) is 0 Å². The lowest BCUT2D eigenvalue weighted by Crippen LogP contribution is -2.34. The summed E-state index contributed by atoms with van der Waals surface area (Å²) >= 11 is 3.50. The van der Waals surface area contributed by atoms with Crippen LogP contribution in [0.25, 0.3) is 0 Å². The van der Waals surface area contributed by atoms with E-state index in [1.165, 1.54) is 5.56 Å². The van der Waals surface area contributed by atoms with Crippen molar-refractivity contribution in [2.75, 3.05) is 13.1 Å². The van der Waals surface area contributed by atoms with Crippen molar-refractivity contribution in [3.63, 3.8) is 0 Å². The zero-order valence-electron chi connectivity index (χ0n) is 10.0. The Morgan fingerprint density at radius 3 is 2.71 bits per heavy atom. The third-order valence-corrected chi connectivity index (χ3v) is 3.48. The molecule has 0 aliphatic carbocycles. The van der Waals surface area contributed by atoms with Crippen LogP contribution in [0.2, 0.25) is 0 Å². The average molecular weight is 321 g/mol. The Hall–Kier alpha value is -0.250. The van der Waals surface area contributed by atoms with Crippen molar-refractivity contribution in [2.24, 2.45) is 0 Å². The number of aryl methyl sites for hydroxylation is 1. The molecule has 1 saturated heterocycles. The van der Waals surface area contributed by atoms with E-state index in [0.29, 0.717) is 6.10 Å². The predicted octanol–water partition coefficient (Wildman–Crippen LogP) is 3.56. The maximum Gasteiger partial charge on any atom is 0.122 e. The van der Waals surface area contributed by atoms with Crippen LogP contribution in [0.3, 0.4) is 0 Å². The monoisotopic (exact) mass is 319 g/mol. The molecule has 0 amide bonds. The normalized spacial score (nSPS) is 16.4. The van der Waals surface area contributed by atoms with E-state index in [4.69, 9.17) is 4.74 Å². The zero-order chi connectivity index (χ0) is 11.4. The van der Waals surface area contributed by atoms with E-state index in [1.807, 2.05) is 0 Å². The van der Waals surface area contributed by atoms with Gasteiger partial charge in [0.15, 0.2) is 0 Å². The largest absolute Gasteiger partial charge is 0.490 e. The lowest BCUT2D eigenvalue weighted by Gasteiger charge is -2.25. The maximum absolute atomic E-state index is 6.07. The Balaban J connectivity index is 0.00000144. The highest BCUT2D eigenvalue weighted by Crippen LogP contribution is 2.26. The van der Waals surface area contributed by atoms with E-state index in [9.17, 15) is 0 Å². The van der Waals surface area contributed by atoms with Gasteiger partial charge in [-0.2, -0.15) is 0 Å². The minimum atomic E-state index is 0. The van der Waals surface area contributed by atoms with Crippen LogP contribution in [0.15, 0.2) is 22.7 Å². The first-order chi connectivity index (χ1) is 7.79. The lowest BCUT2D eigenvalue weighted by atomic mass is 10.1. The van der Waals surface area contributed by atoms with Gasteiger partial charge in [0.1, 0.15) is 11.9 Å². The molecule has 17 heavy (non-hydrogen) atoms. The maximum atomic E-state index is 6.07. The summed E-state index contributed by atoms with van der Waals surface area (Å²) in [6.45, 7) is 4.31. The first-order valence-electron chi connectivity index (χ1n) is 5.95. The van der Waals surface area contributed by atoms with Gasteiger partial charge in [0.25, 0.3) is 0 Å². The highest BCUT2D eigenvalue weighted by molar-refractivity contribution is 9.10. The second-order valence-corrected chi connectivity index (χ2v) is 5.09. The number of hydrogen-bond donors (Lipinski definition) is 1. The summed E-state index contributed by atoms with van der Waals surface area (Å²) in [4.78, 5) is 0. The number of nitrogens with one attached hydrogen (secondary N) is 1. The van der Waals surface area contributed by atoms with Crippen molar-refractivity contribution in [2.45, 2.75) is 32.3 Å². The van der Waals surface area contributed by atoms with E-state index < -0.39 is 0 Å². The minimum Gasteiger partial charge on any atom is -0.490 e. The zero-order valence-corrected chi connectivity index (χ0v) is 12.4. The molecule has 1 aromatic carbocycles. The third-order valence-electron chi connectivity index (χ3n) is 2.98. The van der Waals surface area contributed by atoms with Crippen LogP contribution in [0, 0.1) is 0 Å². The topological polar surface area (TPSA) is 21.3 Å². The summed E-state index contributed by atoms with van der Waals surface area (Å²) in [7, 11) is 0. The fraction of sp³-hybridized carbons (Fsp3) is 0.538. The van der Waals surface area contributed by atoms with Gasteiger partial charge in [-0.15, -0.1) is 12.4 Å². The SMILES string of the molecule is CCc1cc(Br)ccc1OC1CCNCC1.Cl. The Morgan fingerprint density at radius 2 is 2.06 bits per heavy atom. The molecule has 0 aromatic heterocycles. The van der Waals surface area contributed by atoms with Crippen LogP contribution in [0.4, 0.5) is 0 Å². The molecule has 1 aliphatic heterocycles. The highest BCUT2D eigenvalue weighted by Gasteiger charge is 2.15. The molecule has 0 radical (unpaired) electrons. The Labute approximate surface area is 118 Å². The van der Waals surface area contributed by atoms with Crippen LogP contribution < -0.4 is 10.1 Å². The number of benzene rings is 1. The average Bonchev–Trinajstić information content (AvgIpc) is 2.33. The standard InChI is InChI=1S/C13H18BrNO.ClH/c1-2-10-9-11(14)3-4-13(10)16-12-5-7-15-8-6-12;/h3-4,9,12,15H,2,5-8H2,1H3;1H. The molecule has 96 valence electrons. The first kappa shape index (κ1) is 14.8. The van der Waals surface area contributed by atoms with Gasteiger partial charge in [-0.25, -0.2) is 0 Å². The highest BCUT2D eigenvalue weighted by atomic mass is 79.9. The Bertz CT molecular complexity index is 353. The van der Waals surface area contributed by atoms with Gasteiger partial charge in [0.2, 0.25) is 0 Å². The lowest BCUT2D eigenvalue weighted by molar-refractivity contribution is 0.161. The number of ether oxygens (including phenoxy) is 1. The third kappa shape index (κ3) is 4.16. The van der Waals surface area contributed by atoms with Crippen LogP contribution in [-0.4, -0.2) is 19.2 Å². The molecule has 0 unspecified atom stereocenters. The molecule has 1 heterocycles. The number of piperidine rings is 1. The smallest absolute Gasteiger partial charge is 0.122 e. The second-order valence-electron chi connectivity index (χ2n) is 4.17. The summed E-state index contributed by atoms with van der Waals surface area (Å²) in [6.07, 6.45) is 3.62. The van der Waals surface area contributed by atoms with Crippen LogP contribution in [-0.2, 0) is 6.42 Å². The van der Waals surface area contributed by atoms with Gasteiger partial charge in [-0.05, 0) is 56.1 Å². The molecule has 1 aromatic rings. The number of halogens is 2. The number of rotatable bonds is 3. The predicted molar refractivity (Wildman–Crippen MR) is 77.3 cm³/mol. The molecule has 0 spiro atoms. The van der Waals surface area contributed by atoms with Gasteiger partial charge in [0, 0.05) is 4.47 Å². The molecule has 1 fully saturated rings. The summed E-state index contributed by atoms with van der Waals surface area (Å²) in [6, 6.07) is 6.27. The summed E-state index contributed by atoms with van der Waals surface area (Å²) in [5.41, 5.74) is 1.29. The van der Waals surface area contributed by atoms with Crippen LogP contribution >= 0.6 is 28.3 Å². The summed E-state index contributed by atoms with van der Waals surface area (Å²) in [5.74, 6) is 1.05. The molecular formula is C13H19BrClNO. The summed E-state index contributed by atoms with van der Waals surface area (Å²) in [5, 5.41) is 3.35. The van der Waals surface area contributed by atoms with Gasteiger partial charge >= 0.3 is 0 Å². The second kappa shape index (κ2) is 7.24. The molecule has 0 bridgehead atoms. The van der Waals surface area contributed by atoms with E-state index in [-0.39, 0.29) is 12.4 Å². The van der Waals surface area contributed by atoms with Gasteiger partial charge in [-0.1, -0.05) is 22.9 Å². The Morgan fingerprint density at radius 1 is 1.35 bits per heavy atom. The van der Waals surface area contributed by atoms with E-state index in [2.05, 4.69) is 46.4 Å². The molecular weight excluding hydrogens is 302 g/mol.